The number of hydrogen-bond acceptors (Lipinski definition) is 7. The van der Waals surface area contributed by atoms with Crippen molar-refractivity contribution in [3.8, 4) is 5.75 Å². The van der Waals surface area contributed by atoms with Crippen LogP contribution in [-0.2, 0) is 30.3 Å². The molecule has 1 aliphatic carbocycles. The van der Waals surface area contributed by atoms with Gasteiger partial charge in [-0.15, -0.1) is 0 Å². The number of nitrogens with zero attached hydrogens (tertiary/aromatic N) is 1. The summed E-state index contributed by atoms with van der Waals surface area (Å²) in [4.78, 5) is 55.1. The first kappa shape index (κ1) is 33.4. The molecule has 0 aliphatic heterocycles. The molecule has 234 valence electrons. The summed E-state index contributed by atoms with van der Waals surface area (Å²) in [6.07, 6.45) is 0.0499. The predicted molar refractivity (Wildman–Crippen MR) is 162 cm³/mol. The molecule has 43 heavy (non-hydrogen) atoms. The molecule has 10 heteroatoms. The fourth-order valence-corrected chi connectivity index (χ4v) is 5.14. The van der Waals surface area contributed by atoms with Crippen molar-refractivity contribution in [2.24, 2.45) is 5.92 Å². The van der Waals surface area contributed by atoms with Crippen LogP contribution in [0, 0.1) is 19.8 Å². The molecule has 1 aliphatic rings. The van der Waals surface area contributed by atoms with Crippen molar-refractivity contribution < 1.29 is 33.8 Å². The maximum absolute atomic E-state index is 14.6. The van der Waals surface area contributed by atoms with E-state index >= 15 is 0 Å². The number of amides is 3. The fraction of sp³-hybridized carbons (Fsp3) is 0.515. The van der Waals surface area contributed by atoms with E-state index in [1.165, 1.54) is 12.1 Å². The van der Waals surface area contributed by atoms with E-state index in [0.717, 1.165) is 11.1 Å². The third kappa shape index (κ3) is 9.46. The summed E-state index contributed by atoms with van der Waals surface area (Å²) >= 11 is 0. The average molecular weight is 596 g/mol. The highest BCUT2D eigenvalue weighted by Crippen LogP contribution is 2.42. The molecule has 3 rings (SSSR count). The largest absolute Gasteiger partial charge is 0.508 e. The molecule has 4 atom stereocenters. The normalized spacial score (nSPS) is 17.3. The molecule has 1 fully saturated rings. The molecule has 0 bridgehead atoms. The Morgan fingerprint density at radius 2 is 1.65 bits per heavy atom. The second kappa shape index (κ2) is 14.4. The number of esters is 1. The first-order valence-electron chi connectivity index (χ1n) is 14.8. The predicted octanol–water partition coefficient (Wildman–Crippen LogP) is 4.49. The minimum absolute atomic E-state index is 0.00346. The van der Waals surface area contributed by atoms with Crippen LogP contribution in [0.15, 0.2) is 42.5 Å². The van der Waals surface area contributed by atoms with E-state index in [-0.39, 0.29) is 43.7 Å². The lowest BCUT2D eigenvalue weighted by atomic mass is 9.93. The van der Waals surface area contributed by atoms with Crippen molar-refractivity contribution in [3.05, 3.63) is 64.7 Å². The van der Waals surface area contributed by atoms with E-state index in [4.69, 9.17) is 9.47 Å². The summed E-state index contributed by atoms with van der Waals surface area (Å²) in [7, 11) is 0. The first-order chi connectivity index (χ1) is 20.2. The van der Waals surface area contributed by atoms with E-state index in [1.54, 1.807) is 44.7 Å². The van der Waals surface area contributed by atoms with Gasteiger partial charge < -0.3 is 30.1 Å². The quantitative estimate of drug-likeness (QED) is 0.308. The van der Waals surface area contributed by atoms with Gasteiger partial charge in [-0.1, -0.05) is 37.3 Å². The van der Waals surface area contributed by atoms with Gasteiger partial charge in [0.15, 0.2) is 0 Å². The molecule has 0 spiro atoms. The number of phenolic OH excluding ortho intramolecular Hbond substituents is 1. The van der Waals surface area contributed by atoms with Gasteiger partial charge in [0.05, 0.1) is 13.0 Å². The molecule has 0 aromatic heterocycles. The number of nitrogens with one attached hydrogen (secondary N) is 2. The Morgan fingerprint density at radius 1 is 1.05 bits per heavy atom. The number of aryl methyl sites for hydroxylation is 2. The minimum atomic E-state index is -1.06. The fourth-order valence-electron chi connectivity index (χ4n) is 5.14. The summed E-state index contributed by atoms with van der Waals surface area (Å²) < 4.78 is 10.5. The van der Waals surface area contributed by atoms with E-state index in [9.17, 15) is 24.3 Å². The molecule has 0 radical (unpaired) electrons. The van der Waals surface area contributed by atoms with Crippen LogP contribution >= 0.6 is 0 Å². The number of benzene rings is 2. The van der Waals surface area contributed by atoms with Crippen LogP contribution in [0.5, 0.6) is 5.75 Å². The van der Waals surface area contributed by atoms with Gasteiger partial charge in [-0.2, -0.15) is 0 Å². The molecule has 3 amide bonds. The van der Waals surface area contributed by atoms with Gasteiger partial charge in [-0.05, 0) is 88.3 Å². The van der Waals surface area contributed by atoms with Crippen LogP contribution in [0.2, 0.25) is 0 Å². The number of rotatable bonds is 12. The molecule has 10 nitrogen and oxygen atoms in total. The monoisotopic (exact) mass is 595 g/mol. The highest BCUT2D eigenvalue weighted by molar-refractivity contribution is 5.93. The van der Waals surface area contributed by atoms with Crippen molar-refractivity contribution >= 4 is 23.9 Å². The van der Waals surface area contributed by atoms with Crippen molar-refractivity contribution in [2.75, 3.05) is 13.2 Å². The number of aromatic hydroxyl groups is 1. The smallest absolute Gasteiger partial charge is 0.408 e. The van der Waals surface area contributed by atoms with Crippen molar-refractivity contribution in [2.45, 2.75) is 91.5 Å². The molecule has 0 saturated heterocycles. The lowest BCUT2D eigenvalue weighted by molar-refractivity contribution is -0.145. The number of carbonyl (C=O) groups excluding carboxylic acids is 4. The SMILES string of the molecule is CCOC(=O)CCNC(=O)C(c1c(C)cccc1C)N(C(=O)C(Cc1ccc(O)cc1)NC(=O)OC(C)(C)C)C1CC1C. The minimum Gasteiger partial charge on any atom is -0.508 e. The Balaban J connectivity index is 2.04. The van der Waals surface area contributed by atoms with Gasteiger partial charge in [0.25, 0.3) is 0 Å². The third-order valence-electron chi connectivity index (χ3n) is 7.32. The summed E-state index contributed by atoms with van der Waals surface area (Å²) in [5, 5.41) is 15.4. The highest BCUT2D eigenvalue weighted by atomic mass is 16.6. The molecule has 2 aromatic rings. The van der Waals surface area contributed by atoms with Crippen LogP contribution in [0.4, 0.5) is 4.79 Å². The van der Waals surface area contributed by atoms with Gasteiger partial charge in [0.2, 0.25) is 11.8 Å². The number of phenols is 1. The van der Waals surface area contributed by atoms with E-state index in [1.807, 2.05) is 39.0 Å². The average Bonchev–Trinajstić information content (AvgIpc) is 3.63. The Labute approximate surface area is 254 Å². The molecule has 2 aromatic carbocycles. The lowest BCUT2D eigenvalue weighted by Gasteiger charge is -2.36. The Kier molecular flexibility index (Phi) is 11.2. The second-order valence-corrected chi connectivity index (χ2v) is 12.1. The van der Waals surface area contributed by atoms with Crippen LogP contribution in [-0.4, -0.2) is 64.7 Å². The van der Waals surface area contributed by atoms with Gasteiger partial charge in [-0.3, -0.25) is 14.4 Å². The molecule has 3 N–H and O–H groups in total. The van der Waals surface area contributed by atoms with Gasteiger partial charge in [0.1, 0.15) is 23.4 Å². The van der Waals surface area contributed by atoms with Crippen LogP contribution < -0.4 is 10.6 Å². The standard InChI is InChI=1S/C33H45N3O7/c1-8-42-27(38)16-17-34-30(39)29(28-20(2)10-9-11-21(28)3)36(26-18-22(26)4)31(40)25(35-32(41)43-33(5,6)7)19-23-12-14-24(37)15-13-23/h9-15,22,25-26,29,37H,8,16-19H2,1-7H3,(H,34,39)(H,35,41). The molecule has 1 saturated carbocycles. The van der Waals surface area contributed by atoms with Crippen LogP contribution in [0.3, 0.4) is 0 Å². The molecule has 4 unspecified atom stereocenters. The van der Waals surface area contributed by atoms with E-state index in [0.29, 0.717) is 17.5 Å². The Bertz CT molecular complexity index is 1280. The highest BCUT2D eigenvalue weighted by Gasteiger charge is 2.48. The Morgan fingerprint density at radius 3 is 2.19 bits per heavy atom. The number of alkyl carbamates (subject to hydrolysis) is 1. The molecular weight excluding hydrogens is 550 g/mol. The zero-order valence-corrected chi connectivity index (χ0v) is 26.2. The summed E-state index contributed by atoms with van der Waals surface area (Å²) in [5.41, 5.74) is 2.29. The summed E-state index contributed by atoms with van der Waals surface area (Å²) in [6, 6.07) is 9.77. The topological polar surface area (TPSA) is 134 Å². The second-order valence-electron chi connectivity index (χ2n) is 12.1. The van der Waals surface area contributed by atoms with E-state index < -0.39 is 41.6 Å². The summed E-state index contributed by atoms with van der Waals surface area (Å²) in [5.74, 6) is -1.06. The zero-order valence-electron chi connectivity index (χ0n) is 26.2. The maximum Gasteiger partial charge on any atom is 0.408 e. The molecular formula is C33H45N3O7. The zero-order chi connectivity index (χ0) is 31.9. The molecule has 0 heterocycles. The first-order valence-corrected chi connectivity index (χ1v) is 14.8. The van der Waals surface area contributed by atoms with Gasteiger partial charge in [0, 0.05) is 19.0 Å². The van der Waals surface area contributed by atoms with Crippen LogP contribution in [0.25, 0.3) is 0 Å². The number of carbonyl (C=O) groups is 4. The van der Waals surface area contributed by atoms with E-state index in [2.05, 4.69) is 10.6 Å². The number of hydrogen-bond donors (Lipinski definition) is 3. The van der Waals surface area contributed by atoms with Gasteiger partial charge in [-0.25, -0.2) is 4.79 Å². The van der Waals surface area contributed by atoms with Gasteiger partial charge >= 0.3 is 12.1 Å². The number of ether oxygens (including phenoxy) is 2. The van der Waals surface area contributed by atoms with Crippen molar-refractivity contribution in [1.82, 2.24) is 15.5 Å². The maximum atomic E-state index is 14.6. The summed E-state index contributed by atoms with van der Waals surface area (Å²) in [6.45, 7) is 13.0. The van der Waals surface area contributed by atoms with Crippen LogP contribution in [0.1, 0.15) is 75.8 Å². The van der Waals surface area contributed by atoms with Crippen molar-refractivity contribution in [3.63, 3.8) is 0 Å². The lowest BCUT2D eigenvalue weighted by Crippen LogP contribution is -2.55. The third-order valence-corrected chi connectivity index (χ3v) is 7.32. The Hall–Kier alpha value is -4.08. The van der Waals surface area contributed by atoms with Crippen molar-refractivity contribution in [1.29, 1.82) is 0 Å².